The van der Waals surface area contributed by atoms with E-state index in [0.29, 0.717) is 0 Å². The Bertz CT molecular complexity index is 1880. The van der Waals surface area contributed by atoms with Crippen LogP contribution in [0.3, 0.4) is 0 Å². The normalized spacial score (nSPS) is 12.6. The van der Waals surface area contributed by atoms with Crippen molar-refractivity contribution in [2.45, 2.75) is 0 Å². The Morgan fingerprint density at radius 1 is 0.556 bits per heavy atom. The average Bonchev–Trinajstić information content (AvgIpc) is 3.51. The lowest BCUT2D eigenvalue weighted by atomic mass is 10.1. The van der Waals surface area contributed by atoms with Crippen LogP contribution in [0.2, 0.25) is 0 Å². The molecular weight excluding hydrogens is 460 g/mol. The minimum Gasteiger partial charge on any atom is -0.453 e. The highest BCUT2D eigenvalue weighted by Gasteiger charge is 2.25. The van der Waals surface area contributed by atoms with Crippen LogP contribution < -0.4 is 9.64 Å². The minimum atomic E-state index is 0.865. The summed E-state index contributed by atoms with van der Waals surface area (Å²) in [4.78, 5) is 2.27. The van der Waals surface area contributed by atoms with Gasteiger partial charge in [-0.3, -0.25) is 0 Å². The molecule has 3 heterocycles. The first-order valence-corrected chi connectivity index (χ1v) is 12.8. The Hall–Kier alpha value is -4.54. The lowest BCUT2D eigenvalue weighted by Gasteiger charge is -2.32. The summed E-state index contributed by atoms with van der Waals surface area (Å²) in [6.07, 6.45) is 2.17. The summed E-state index contributed by atoms with van der Waals surface area (Å²) in [6, 6.07) is 40.7. The maximum Gasteiger partial charge on any atom is 0.151 e. The molecule has 1 aliphatic heterocycles. The van der Waals surface area contributed by atoms with Crippen molar-refractivity contribution in [3.05, 3.63) is 121 Å². The van der Waals surface area contributed by atoms with E-state index in [0.717, 1.165) is 34.2 Å². The van der Waals surface area contributed by atoms with Crippen LogP contribution in [0.15, 0.2) is 121 Å². The van der Waals surface area contributed by atoms with E-state index in [9.17, 15) is 0 Å². The Morgan fingerprint density at radius 3 is 2.00 bits per heavy atom. The number of fused-ring (bicyclic) bond motifs is 6. The third-order valence-corrected chi connectivity index (χ3v) is 8.14. The number of thiophene rings is 1. The van der Waals surface area contributed by atoms with Gasteiger partial charge in [0, 0.05) is 43.1 Å². The Balaban J connectivity index is 1.24. The van der Waals surface area contributed by atoms with Crippen LogP contribution in [-0.2, 0) is 0 Å². The van der Waals surface area contributed by atoms with Gasteiger partial charge in [-0.2, -0.15) is 0 Å². The van der Waals surface area contributed by atoms with Gasteiger partial charge in [0.25, 0.3) is 0 Å². The summed E-state index contributed by atoms with van der Waals surface area (Å²) in [6.45, 7) is 0. The molecule has 5 aromatic carbocycles. The molecule has 36 heavy (non-hydrogen) atoms. The van der Waals surface area contributed by atoms with E-state index in [-0.39, 0.29) is 0 Å². The van der Waals surface area contributed by atoms with Gasteiger partial charge in [-0.25, -0.2) is 0 Å². The highest BCUT2D eigenvalue weighted by molar-refractivity contribution is 7.25. The molecule has 0 atom stereocenters. The first kappa shape index (κ1) is 19.7. The quantitative estimate of drug-likeness (QED) is 0.245. The van der Waals surface area contributed by atoms with E-state index < -0.39 is 0 Å². The van der Waals surface area contributed by atoms with Crippen LogP contribution in [0.25, 0.3) is 36.8 Å². The number of anilines is 3. The summed E-state index contributed by atoms with van der Waals surface area (Å²) in [5, 5.41) is 3.93. The number of hydrogen-bond donors (Lipinski definition) is 0. The van der Waals surface area contributed by atoms with Gasteiger partial charge >= 0.3 is 0 Å². The van der Waals surface area contributed by atoms with Crippen LogP contribution in [-0.4, -0.2) is 4.57 Å². The number of nitrogens with zero attached hydrogens (tertiary/aromatic N) is 2. The zero-order valence-corrected chi connectivity index (χ0v) is 20.1. The van der Waals surface area contributed by atoms with Gasteiger partial charge < -0.3 is 14.2 Å². The van der Waals surface area contributed by atoms with Gasteiger partial charge in [0.1, 0.15) is 0 Å². The molecule has 0 bridgehead atoms. The van der Waals surface area contributed by atoms with Crippen LogP contribution in [0.1, 0.15) is 0 Å². The predicted molar refractivity (Wildman–Crippen MR) is 151 cm³/mol. The molecule has 0 amide bonds. The summed E-state index contributed by atoms with van der Waals surface area (Å²) >= 11 is 1.86. The standard InChI is InChI=1S/C32H20N2OS/c1-6-12-31-24(7-1)25-19-21-17-18-33(28(21)20-32(25)36-31)22-13-15-23(16-14-22)34-26-8-2-4-10-29(26)35-30-11-5-3-9-27(30)34/h1-20H. The van der Waals surface area contributed by atoms with E-state index in [1.165, 1.54) is 31.1 Å². The first-order chi connectivity index (χ1) is 17.8. The van der Waals surface area contributed by atoms with Crippen LogP contribution in [0.5, 0.6) is 11.5 Å². The first-order valence-electron chi connectivity index (χ1n) is 12.0. The van der Waals surface area contributed by atoms with Gasteiger partial charge in [0.15, 0.2) is 11.5 Å². The Morgan fingerprint density at radius 2 is 1.22 bits per heavy atom. The molecule has 0 aliphatic carbocycles. The van der Waals surface area contributed by atoms with E-state index in [2.05, 4.69) is 107 Å². The van der Waals surface area contributed by atoms with E-state index in [4.69, 9.17) is 4.74 Å². The molecular formula is C32H20N2OS. The lowest BCUT2D eigenvalue weighted by molar-refractivity contribution is 0.477. The summed E-state index contributed by atoms with van der Waals surface area (Å²) < 4.78 is 11.1. The zero-order chi connectivity index (χ0) is 23.6. The van der Waals surface area contributed by atoms with Gasteiger partial charge in [-0.1, -0.05) is 42.5 Å². The molecule has 0 N–H and O–H groups in total. The van der Waals surface area contributed by atoms with Gasteiger partial charge in [-0.05, 0) is 72.8 Å². The molecule has 0 spiro atoms. The molecule has 3 nitrogen and oxygen atoms in total. The summed E-state index contributed by atoms with van der Waals surface area (Å²) in [5.74, 6) is 1.73. The van der Waals surface area contributed by atoms with Crippen molar-refractivity contribution >= 4 is 59.5 Å². The zero-order valence-electron chi connectivity index (χ0n) is 19.3. The molecule has 7 aromatic rings. The number of hydrogen-bond acceptors (Lipinski definition) is 3. The molecule has 2 aromatic heterocycles. The van der Waals surface area contributed by atoms with Gasteiger partial charge in [-0.15, -0.1) is 11.3 Å². The number of aromatic nitrogens is 1. The SMILES string of the molecule is c1ccc2c(c1)Oc1ccccc1N2c1ccc(-n2ccc3cc4c(cc32)sc2ccccc24)cc1. The second-order valence-corrected chi connectivity index (χ2v) is 10.2. The molecule has 0 saturated carbocycles. The fourth-order valence-electron chi connectivity index (χ4n) is 5.32. The molecule has 0 saturated heterocycles. The van der Waals surface area contributed by atoms with Gasteiger partial charge in [0.2, 0.25) is 0 Å². The molecule has 0 radical (unpaired) electrons. The Labute approximate surface area is 212 Å². The Kier molecular flexibility index (Phi) is 4.10. The number of para-hydroxylation sites is 4. The van der Waals surface area contributed by atoms with Crippen molar-refractivity contribution in [1.29, 1.82) is 0 Å². The van der Waals surface area contributed by atoms with E-state index >= 15 is 0 Å². The molecule has 8 rings (SSSR count). The second-order valence-electron chi connectivity index (χ2n) is 9.08. The molecule has 1 aliphatic rings. The molecule has 0 unspecified atom stereocenters. The van der Waals surface area contributed by atoms with Crippen molar-refractivity contribution in [2.24, 2.45) is 0 Å². The monoisotopic (exact) mass is 480 g/mol. The van der Waals surface area contributed by atoms with Gasteiger partial charge in [0.05, 0.1) is 16.9 Å². The fraction of sp³-hybridized carbons (Fsp3) is 0. The third kappa shape index (κ3) is 2.85. The number of benzene rings is 5. The predicted octanol–water partition coefficient (Wildman–Crippen LogP) is 9.57. The average molecular weight is 481 g/mol. The highest BCUT2D eigenvalue weighted by atomic mass is 32.1. The third-order valence-electron chi connectivity index (χ3n) is 7.01. The highest BCUT2D eigenvalue weighted by Crippen LogP contribution is 2.50. The molecule has 170 valence electrons. The summed E-state index contributed by atoms with van der Waals surface area (Å²) in [7, 11) is 0. The summed E-state index contributed by atoms with van der Waals surface area (Å²) in [5.41, 5.74) is 5.56. The van der Waals surface area contributed by atoms with Crippen LogP contribution >= 0.6 is 11.3 Å². The number of ether oxygens (including phenoxy) is 1. The van der Waals surface area contributed by atoms with Crippen molar-refractivity contribution in [2.75, 3.05) is 4.90 Å². The fourth-order valence-corrected chi connectivity index (χ4v) is 6.45. The van der Waals surface area contributed by atoms with Crippen molar-refractivity contribution in [3.8, 4) is 17.2 Å². The maximum absolute atomic E-state index is 6.17. The molecule has 4 heteroatoms. The smallest absolute Gasteiger partial charge is 0.151 e. The minimum absolute atomic E-state index is 0.865. The van der Waals surface area contributed by atoms with Crippen molar-refractivity contribution in [3.63, 3.8) is 0 Å². The lowest BCUT2D eigenvalue weighted by Crippen LogP contribution is -2.15. The van der Waals surface area contributed by atoms with E-state index in [1.807, 2.05) is 35.6 Å². The maximum atomic E-state index is 6.17. The second kappa shape index (κ2) is 7.48. The topological polar surface area (TPSA) is 17.4 Å². The van der Waals surface area contributed by atoms with Crippen LogP contribution in [0.4, 0.5) is 17.1 Å². The van der Waals surface area contributed by atoms with Crippen molar-refractivity contribution in [1.82, 2.24) is 4.57 Å². The molecule has 0 fully saturated rings. The number of rotatable bonds is 2. The van der Waals surface area contributed by atoms with Crippen molar-refractivity contribution < 1.29 is 4.74 Å². The van der Waals surface area contributed by atoms with E-state index in [1.54, 1.807) is 0 Å². The van der Waals surface area contributed by atoms with Crippen LogP contribution in [0, 0.1) is 0 Å². The largest absolute Gasteiger partial charge is 0.453 e.